The topological polar surface area (TPSA) is 73.1 Å². The van der Waals surface area contributed by atoms with Gasteiger partial charge in [-0.25, -0.2) is 9.97 Å². The maximum absolute atomic E-state index is 11.8. The molecule has 0 aliphatic carbocycles. The number of hydrogen-bond donors (Lipinski definition) is 0. The molecule has 1 aliphatic heterocycles. The van der Waals surface area contributed by atoms with Crippen molar-refractivity contribution < 1.29 is 9.53 Å². The molecule has 0 N–H and O–H groups in total. The first kappa shape index (κ1) is 16.4. The van der Waals surface area contributed by atoms with Gasteiger partial charge in [-0.2, -0.15) is 5.10 Å². The molecule has 2 aromatic heterocycles. The largest absolute Gasteiger partial charge is 0.466 e. The zero-order chi connectivity index (χ0) is 17.1. The molecule has 1 saturated heterocycles. The van der Waals surface area contributed by atoms with Crippen LogP contribution in [-0.2, 0) is 16.6 Å². The van der Waals surface area contributed by atoms with Gasteiger partial charge in [0, 0.05) is 38.1 Å². The van der Waals surface area contributed by atoms with Gasteiger partial charge in [0.15, 0.2) is 0 Å². The molecule has 0 radical (unpaired) electrons. The number of carbonyl (C=O) groups is 1. The van der Waals surface area contributed by atoms with E-state index < -0.39 is 0 Å². The first-order valence-corrected chi connectivity index (χ1v) is 8.33. The normalized spacial score (nSPS) is 15.5. The van der Waals surface area contributed by atoms with Gasteiger partial charge in [-0.3, -0.25) is 9.48 Å². The van der Waals surface area contributed by atoms with Crippen molar-refractivity contribution in [3.63, 3.8) is 0 Å². The lowest BCUT2D eigenvalue weighted by atomic mass is 9.97. The van der Waals surface area contributed by atoms with Crippen LogP contribution < -0.4 is 4.90 Å². The zero-order valence-electron chi connectivity index (χ0n) is 14.4. The van der Waals surface area contributed by atoms with Gasteiger partial charge in [-0.15, -0.1) is 0 Å². The highest BCUT2D eigenvalue weighted by atomic mass is 16.5. The summed E-state index contributed by atoms with van der Waals surface area (Å²) in [5, 5.41) is 4.37. The Morgan fingerprint density at radius 3 is 2.75 bits per heavy atom. The molecule has 128 valence electrons. The summed E-state index contributed by atoms with van der Waals surface area (Å²) in [6.45, 7) is 5.78. The van der Waals surface area contributed by atoms with Crippen molar-refractivity contribution in [3.05, 3.63) is 24.2 Å². The molecule has 7 heteroatoms. The Morgan fingerprint density at radius 1 is 1.38 bits per heavy atom. The molecule has 0 saturated carbocycles. The van der Waals surface area contributed by atoms with Crippen LogP contribution in [-0.4, -0.2) is 45.4 Å². The van der Waals surface area contributed by atoms with E-state index in [0.29, 0.717) is 12.6 Å². The Morgan fingerprint density at radius 2 is 2.12 bits per heavy atom. The highest BCUT2D eigenvalue weighted by Gasteiger charge is 2.27. The number of aromatic nitrogens is 4. The van der Waals surface area contributed by atoms with Gasteiger partial charge in [0.25, 0.3) is 0 Å². The van der Waals surface area contributed by atoms with Crippen molar-refractivity contribution in [2.24, 2.45) is 13.0 Å². The summed E-state index contributed by atoms with van der Waals surface area (Å²) in [6, 6.07) is 1.90. The summed E-state index contributed by atoms with van der Waals surface area (Å²) in [4.78, 5) is 23.1. The second-order valence-electron chi connectivity index (χ2n) is 6.06. The fourth-order valence-electron chi connectivity index (χ4n) is 3.08. The number of rotatable bonds is 4. The SMILES string of the molecule is CCOC(=O)C1CCN(c2nccc(-c3cn(C)nc3C)n2)CC1. The van der Waals surface area contributed by atoms with Gasteiger partial charge in [-0.1, -0.05) is 0 Å². The Kier molecular flexibility index (Phi) is 4.78. The van der Waals surface area contributed by atoms with Crippen molar-refractivity contribution in [2.75, 3.05) is 24.6 Å². The molecule has 0 amide bonds. The van der Waals surface area contributed by atoms with E-state index in [1.807, 2.05) is 33.2 Å². The highest BCUT2D eigenvalue weighted by Crippen LogP contribution is 2.25. The molecule has 24 heavy (non-hydrogen) atoms. The van der Waals surface area contributed by atoms with Crippen molar-refractivity contribution in [3.8, 4) is 11.3 Å². The molecule has 3 heterocycles. The number of ether oxygens (including phenoxy) is 1. The maximum atomic E-state index is 11.8. The average Bonchev–Trinajstić information content (AvgIpc) is 2.94. The van der Waals surface area contributed by atoms with E-state index in [1.165, 1.54) is 0 Å². The molecule has 7 nitrogen and oxygen atoms in total. The number of piperidine rings is 1. The van der Waals surface area contributed by atoms with Crippen LogP contribution >= 0.6 is 0 Å². The second kappa shape index (κ2) is 6.98. The van der Waals surface area contributed by atoms with Gasteiger partial charge in [0.05, 0.1) is 23.9 Å². The Hall–Kier alpha value is -2.44. The van der Waals surface area contributed by atoms with Gasteiger partial charge in [-0.05, 0) is 32.8 Å². The second-order valence-corrected chi connectivity index (χ2v) is 6.06. The third kappa shape index (κ3) is 3.39. The molecule has 0 bridgehead atoms. The first-order valence-electron chi connectivity index (χ1n) is 8.33. The van der Waals surface area contributed by atoms with E-state index in [1.54, 1.807) is 10.9 Å². The zero-order valence-corrected chi connectivity index (χ0v) is 14.4. The van der Waals surface area contributed by atoms with Gasteiger partial charge in [0.2, 0.25) is 5.95 Å². The van der Waals surface area contributed by atoms with Crippen LogP contribution in [0.1, 0.15) is 25.5 Å². The number of hydrogen-bond acceptors (Lipinski definition) is 6. The van der Waals surface area contributed by atoms with Crippen molar-refractivity contribution in [2.45, 2.75) is 26.7 Å². The number of anilines is 1. The molecule has 0 spiro atoms. The molecule has 1 fully saturated rings. The van der Waals surface area contributed by atoms with Gasteiger partial charge in [0.1, 0.15) is 0 Å². The number of nitrogens with zero attached hydrogens (tertiary/aromatic N) is 5. The van der Waals surface area contributed by atoms with E-state index in [0.717, 1.165) is 42.9 Å². The lowest BCUT2D eigenvalue weighted by Crippen LogP contribution is -2.37. The first-order chi connectivity index (χ1) is 11.6. The summed E-state index contributed by atoms with van der Waals surface area (Å²) in [7, 11) is 1.90. The van der Waals surface area contributed by atoms with Gasteiger partial charge >= 0.3 is 5.97 Å². The lowest BCUT2D eigenvalue weighted by molar-refractivity contribution is -0.148. The fourth-order valence-corrected chi connectivity index (χ4v) is 3.08. The minimum atomic E-state index is -0.0854. The van der Waals surface area contributed by atoms with Crippen molar-refractivity contribution >= 4 is 11.9 Å². The molecule has 3 rings (SSSR count). The molecule has 0 unspecified atom stereocenters. The quantitative estimate of drug-likeness (QED) is 0.799. The summed E-state index contributed by atoms with van der Waals surface area (Å²) >= 11 is 0. The standard InChI is InChI=1S/C17H23N5O2/c1-4-24-16(23)13-6-9-22(10-7-13)17-18-8-5-15(19-17)14-11-21(3)20-12(14)2/h5,8,11,13H,4,6-7,9-10H2,1-3H3. The number of esters is 1. The maximum Gasteiger partial charge on any atom is 0.309 e. The number of aryl methyl sites for hydroxylation is 2. The molecular formula is C17H23N5O2. The molecule has 1 aliphatic rings. The van der Waals surface area contributed by atoms with Crippen LogP contribution in [0, 0.1) is 12.8 Å². The fraction of sp³-hybridized carbons (Fsp3) is 0.529. The van der Waals surface area contributed by atoms with Crippen molar-refractivity contribution in [1.29, 1.82) is 0 Å². The smallest absolute Gasteiger partial charge is 0.309 e. The van der Waals surface area contributed by atoms with Crippen LogP contribution in [0.5, 0.6) is 0 Å². The average molecular weight is 329 g/mol. The van der Waals surface area contributed by atoms with E-state index in [-0.39, 0.29) is 11.9 Å². The van der Waals surface area contributed by atoms with E-state index in [9.17, 15) is 4.79 Å². The molecule has 0 aromatic carbocycles. The van der Waals surface area contributed by atoms with Crippen LogP contribution in [0.2, 0.25) is 0 Å². The Labute approximate surface area is 141 Å². The minimum Gasteiger partial charge on any atom is -0.466 e. The molecule has 2 aromatic rings. The van der Waals surface area contributed by atoms with E-state index >= 15 is 0 Å². The van der Waals surface area contributed by atoms with Crippen LogP contribution in [0.15, 0.2) is 18.5 Å². The lowest BCUT2D eigenvalue weighted by Gasteiger charge is -2.30. The monoisotopic (exact) mass is 329 g/mol. The van der Waals surface area contributed by atoms with Crippen LogP contribution in [0.3, 0.4) is 0 Å². The Balaban J connectivity index is 1.72. The van der Waals surface area contributed by atoms with Gasteiger partial charge < -0.3 is 9.64 Å². The summed E-state index contributed by atoms with van der Waals surface area (Å²) in [5.41, 5.74) is 2.84. The molecule has 0 atom stereocenters. The summed E-state index contributed by atoms with van der Waals surface area (Å²) in [5.74, 6) is 0.612. The van der Waals surface area contributed by atoms with E-state index in [4.69, 9.17) is 9.72 Å². The third-order valence-electron chi connectivity index (χ3n) is 4.33. The van der Waals surface area contributed by atoms with Crippen LogP contribution in [0.4, 0.5) is 5.95 Å². The summed E-state index contributed by atoms with van der Waals surface area (Å²) < 4.78 is 6.91. The minimum absolute atomic E-state index is 0.00931. The van der Waals surface area contributed by atoms with E-state index in [2.05, 4.69) is 15.0 Å². The summed E-state index contributed by atoms with van der Waals surface area (Å²) in [6.07, 6.45) is 5.30. The number of carbonyl (C=O) groups excluding carboxylic acids is 1. The Bertz CT molecular complexity index is 720. The third-order valence-corrected chi connectivity index (χ3v) is 4.33. The predicted molar refractivity (Wildman–Crippen MR) is 90.5 cm³/mol. The predicted octanol–water partition coefficient (Wildman–Crippen LogP) is 1.97. The van der Waals surface area contributed by atoms with Crippen LogP contribution in [0.25, 0.3) is 11.3 Å². The highest BCUT2D eigenvalue weighted by molar-refractivity contribution is 5.72. The van der Waals surface area contributed by atoms with Crippen molar-refractivity contribution in [1.82, 2.24) is 19.7 Å². The molecular weight excluding hydrogens is 306 g/mol.